The van der Waals surface area contributed by atoms with E-state index in [2.05, 4.69) is 0 Å². The van der Waals surface area contributed by atoms with Gasteiger partial charge in [-0.2, -0.15) is 17.5 Å². The van der Waals surface area contributed by atoms with Crippen molar-refractivity contribution in [1.82, 2.24) is 9.21 Å². The van der Waals surface area contributed by atoms with Gasteiger partial charge in [0.15, 0.2) is 11.5 Å². The molecule has 1 amide bonds. The Balaban J connectivity index is 1.55. The number of amides is 1. The van der Waals surface area contributed by atoms with Crippen molar-refractivity contribution < 1.29 is 35.9 Å². The van der Waals surface area contributed by atoms with Gasteiger partial charge in [-0.15, -0.1) is 0 Å². The molecule has 0 aliphatic carbocycles. The summed E-state index contributed by atoms with van der Waals surface area (Å²) in [6.07, 6.45) is -3.38. The van der Waals surface area contributed by atoms with Crippen LogP contribution in [0, 0.1) is 5.92 Å². The van der Waals surface area contributed by atoms with Gasteiger partial charge in [-0.1, -0.05) is 0 Å². The van der Waals surface area contributed by atoms with Crippen LogP contribution >= 0.6 is 0 Å². The number of hydrogen-bond donors (Lipinski definition) is 0. The first kappa shape index (κ1) is 21.2. The molecular weight excluding hydrogens is 425 g/mol. The number of ether oxygens (including phenoxy) is 2. The normalized spacial score (nSPS) is 25.4. The molecule has 0 aromatic heterocycles. The van der Waals surface area contributed by atoms with Crippen LogP contribution in [-0.2, 0) is 14.8 Å². The van der Waals surface area contributed by atoms with Crippen LogP contribution in [0.3, 0.4) is 0 Å². The number of benzene rings is 1. The van der Waals surface area contributed by atoms with E-state index in [-0.39, 0.29) is 37.2 Å². The van der Waals surface area contributed by atoms with Crippen molar-refractivity contribution >= 4 is 15.9 Å². The minimum Gasteiger partial charge on any atom is -0.486 e. The average molecular weight is 448 g/mol. The van der Waals surface area contributed by atoms with Gasteiger partial charge in [-0.05, 0) is 37.8 Å². The van der Waals surface area contributed by atoms with Crippen molar-refractivity contribution in [2.75, 3.05) is 32.8 Å². The van der Waals surface area contributed by atoms with Crippen molar-refractivity contribution in [3.05, 3.63) is 18.2 Å². The fraction of sp³-hybridized carbons (Fsp3) is 0.632. The van der Waals surface area contributed by atoms with Gasteiger partial charge >= 0.3 is 6.18 Å². The number of likely N-dealkylation sites (tertiary alicyclic amines) is 1. The number of sulfonamides is 1. The summed E-state index contributed by atoms with van der Waals surface area (Å²) in [7, 11) is -4.02. The summed E-state index contributed by atoms with van der Waals surface area (Å²) in [5.74, 6) is -1.36. The topological polar surface area (TPSA) is 76.2 Å². The lowest BCUT2D eigenvalue weighted by atomic mass is 9.97. The number of piperidine rings is 1. The van der Waals surface area contributed by atoms with Gasteiger partial charge in [0.1, 0.15) is 19.3 Å². The maximum absolute atomic E-state index is 13.2. The van der Waals surface area contributed by atoms with Crippen molar-refractivity contribution in [2.45, 2.75) is 42.8 Å². The molecule has 0 spiro atoms. The van der Waals surface area contributed by atoms with Crippen LogP contribution in [-0.4, -0.2) is 68.6 Å². The van der Waals surface area contributed by atoms with E-state index in [9.17, 15) is 26.4 Å². The second-order valence-corrected chi connectivity index (χ2v) is 9.63. The predicted molar refractivity (Wildman–Crippen MR) is 99.7 cm³/mol. The minimum absolute atomic E-state index is 0.0167. The third kappa shape index (κ3) is 3.96. The highest BCUT2D eigenvalue weighted by Crippen LogP contribution is 2.37. The summed E-state index contributed by atoms with van der Waals surface area (Å²) < 4.78 is 77.7. The molecule has 3 aliphatic heterocycles. The van der Waals surface area contributed by atoms with Crippen LogP contribution in [0.25, 0.3) is 0 Å². The fourth-order valence-electron chi connectivity index (χ4n) is 4.25. The molecule has 1 aromatic rings. The van der Waals surface area contributed by atoms with Crippen molar-refractivity contribution in [2.24, 2.45) is 5.92 Å². The molecule has 3 heterocycles. The van der Waals surface area contributed by atoms with Gasteiger partial charge in [-0.25, -0.2) is 8.42 Å². The monoisotopic (exact) mass is 448 g/mol. The molecule has 4 rings (SSSR count). The SMILES string of the molecule is O=C([C@@H]1CCCN1S(=O)(=O)c1ccc2c(c1)OCCO2)N1CCC[C@H](C(F)(F)F)C1. The lowest BCUT2D eigenvalue weighted by Crippen LogP contribution is -2.52. The Morgan fingerprint density at radius 2 is 1.73 bits per heavy atom. The standard InChI is InChI=1S/C19H23F3N2O5S/c20-19(21,22)13-3-1-7-23(12-13)18(25)15-4-2-8-24(15)30(26,27)14-5-6-16-17(11-14)29-10-9-28-16/h5-6,11,13,15H,1-4,7-10,12H2/t13-,15-/m0/s1. The summed E-state index contributed by atoms with van der Waals surface area (Å²) in [5, 5.41) is 0. The van der Waals surface area contributed by atoms with Crippen molar-refractivity contribution in [3.8, 4) is 11.5 Å². The zero-order chi connectivity index (χ0) is 21.5. The maximum atomic E-state index is 13.2. The maximum Gasteiger partial charge on any atom is 0.393 e. The third-order valence-electron chi connectivity index (χ3n) is 5.80. The number of nitrogens with zero attached hydrogens (tertiary/aromatic N) is 2. The first-order valence-electron chi connectivity index (χ1n) is 9.95. The molecule has 2 fully saturated rings. The molecule has 0 N–H and O–H groups in total. The molecule has 2 saturated heterocycles. The largest absolute Gasteiger partial charge is 0.486 e. The van der Waals surface area contributed by atoms with E-state index in [1.807, 2.05) is 0 Å². The highest BCUT2D eigenvalue weighted by molar-refractivity contribution is 7.89. The van der Waals surface area contributed by atoms with Crippen LogP contribution in [0.4, 0.5) is 13.2 Å². The number of carbonyl (C=O) groups is 1. The minimum atomic E-state index is -4.37. The number of fused-ring (bicyclic) bond motifs is 1. The molecule has 0 saturated carbocycles. The van der Waals surface area contributed by atoms with E-state index < -0.39 is 40.6 Å². The predicted octanol–water partition coefficient (Wildman–Crippen LogP) is 2.41. The Morgan fingerprint density at radius 3 is 2.47 bits per heavy atom. The summed E-state index contributed by atoms with van der Waals surface area (Å²) in [6.45, 7) is 0.605. The molecule has 3 aliphatic rings. The van der Waals surface area contributed by atoms with Crippen LogP contribution in [0.15, 0.2) is 23.1 Å². The smallest absolute Gasteiger partial charge is 0.393 e. The van der Waals surface area contributed by atoms with Crippen LogP contribution < -0.4 is 9.47 Å². The van der Waals surface area contributed by atoms with Crippen LogP contribution in [0.1, 0.15) is 25.7 Å². The molecule has 11 heteroatoms. The molecule has 0 unspecified atom stereocenters. The zero-order valence-electron chi connectivity index (χ0n) is 16.2. The number of hydrogen-bond acceptors (Lipinski definition) is 5. The lowest BCUT2D eigenvalue weighted by Gasteiger charge is -2.36. The zero-order valence-corrected chi connectivity index (χ0v) is 17.0. The van der Waals surface area contributed by atoms with Gasteiger partial charge in [0.05, 0.1) is 10.8 Å². The Bertz CT molecular complexity index is 921. The van der Waals surface area contributed by atoms with E-state index in [1.54, 1.807) is 0 Å². The van der Waals surface area contributed by atoms with Crippen molar-refractivity contribution in [1.29, 1.82) is 0 Å². The van der Waals surface area contributed by atoms with Crippen molar-refractivity contribution in [3.63, 3.8) is 0 Å². The van der Waals surface area contributed by atoms with E-state index in [0.29, 0.717) is 31.1 Å². The van der Waals surface area contributed by atoms with Gasteiger partial charge in [-0.3, -0.25) is 4.79 Å². The van der Waals surface area contributed by atoms with Gasteiger partial charge in [0.2, 0.25) is 15.9 Å². The Hall–Kier alpha value is -2.01. The molecule has 30 heavy (non-hydrogen) atoms. The first-order valence-corrected chi connectivity index (χ1v) is 11.4. The number of halogens is 3. The quantitative estimate of drug-likeness (QED) is 0.710. The Morgan fingerprint density at radius 1 is 1.03 bits per heavy atom. The second-order valence-electron chi connectivity index (χ2n) is 7.74. The van der Waals surface area contributed by atoms with E-state index in [1.165, 1.54) is 23.1 Å². The lowest BCUT2D eigenvalue weighted by molar-refractivity contribution is -0.188. The summed E-state index contributed by atoms with van der Waals surface area (Å²) in [5.41, 5.74) is 0. The third-order valence-corrected chi connectivity index (χ3v) is 7.71. The highest BCUT2D eigenvalue weighted by Gasteiger charge is 2.46. The number of alkyl halides is 3. The average Bonchev–Trinajstić information content (AvgIpc) is 3.23. The molecule has 0 radical (unpaired) electrons. The Kier molecular flexibility index (Phi) is 5.60. The van der Waals surface area contributed by atoms with Gasteiger partial charge < -0.3 is 14.4 Å². The van der Waals surface area contributed by atoms with E-state index >= 15 is 0 Å². The summed E-state index contributed by atoms with van der Waals surface area (Å²) in [6, 6.07) is 3.27. The van der Waals surface area contributed by atoms with Crippen LogP contribution in [0.5, 0.6) is 11.5 Å². The van der Waals surface area contributed by atoms with E-state index in [4.69, 9.17) is 9.47 Å². The molecular formula is C19H23F3N2O5S. The second kappa shape index (κ2) is 7.92. The molecule has 166 valence electrons. The molecule has 1 aromatic carbocycles. The highest BCUT2D eigenvalue weighted by atomic mass is 32.2. The number of rotatable bonds is 3. The Labute approximate surface area is 172 Å². The van der Waals surface area contributed by atoms with Gasteiger partial charge in [0, 0.05) is 25.7 Å². The van der Waals surface area contributed by atoms with E-state index in [0.717, 1.165) is 4.31 Å². The first-order chi connectivity index (χ1) is 14.2. The fourth-order valence-corrected chi connectivity index (χ4v) is 5.92. The molecule has 7 nitrogen and oxygen atoms in total. The molecule has 0 bridgehead atoms. The summed E-state index contributed by atoms with van der Waals surface area (Å²) in [4.78, 5) is 14.1. The molecule has 2 atom stereocenters. The number of carbonyl (C=O) groups excluding carboxylic acids is 1. The summed E-state index contributed by atoms with van der Waals surface area (Å²) >= 11 is 0. The van der Waals surface area contributed by atoms with Crippen LogP contribution in [0.2, 0.25) is 0 Å². The van der Waals surface area contributed by atoms with Gasteiger partial charge in [0.25, 0.3) is 0 Å².